The van der Waals surface area contributed by atoms with Crippen LogP contribution >= 0.6 is 0 Å². The van der Waals surface area contributed by atoms with Crippen molar-refractivity contribution in [1.82, 2.24) is 9.88 Å². The number of likely N-dealkylation sites (N-methyl/N-ethyl adjacent to an activating group) is 1. The van der Waals surface area contributed by atoms with Crippen molar-refractivity contribution in [3.8, 4) is 0 Å². The average molecular weight is 207 g/mol. The van der Waals surface area contributed by atoms with Crippen molar-refractivity contribution in [2.75, 3.05) is 7.05 Å². The van der Waals surface area contributed by atoms with Crippen LogP contribution in [0.15, 0.2) is 24.4 Å². The third kappa shape index (κ3) is 2.76. The fraction of sp³-hybridized carbons (Fsp3) is 0.455. The Balaban J connectivity index is 2.77. The Bertz CT molecular complexity index is 324. The largest absolute Gasteiger partial charge is 0.336 e. The smallest absolute Gasteiger partial charge is 0.239 e. The average Bonchev–Trinajstić information content (AvgIpc) is 2.27. The third-order valence-corrected chi connectivity index (χ3v) is 2.43. The number of hydrogen-bond acceptors (Lipinski definition) is 3. The number of nitrogens with two attached hydrogens (primary N) is 1. The Kier molecular flexibility index (Phi) is 3.80. The Labute approximate surface area is 90.1 Å². The monoisotopic (exact) mass is 207 g/mol. The van der Waals surface area contributed by atoms with Gasteiger partial charge in [0.1, 0.15) is 0 Å². The minimum Gasteiger partial charge on any atom is -0.336 e. The van der Waals surface area contributed by atoms with Gasteiger partial charge >= 0.3 is 0 Å². The Morgan fingerprint density at radius 1 is 1.47 bits per heavy atom. The van der Waals surface area contributed by atoms with Crippen LogP contribution in [0.1, 0.15) is 25.6 Å². The van der Waals surface area contributed by atoms with Gasteiger partial charge in [0.15, 0.2) is 0 Å². The zero-order valence-electron chi connectivity index (χ0n) is 9.34. The summed E-state index contributed by atoms with van der Waals surface area (Å²) in [6.07, 6.45) is 1.72. The lowest BCUT2D eigenvalue weighted by Gasteiger charge is -2.25. The van der Waals surface area contributed by atoms with Crippen LogP contribution in [0.5, 0.6) is 0 Å². The second kappa shape index (κ2) is 4.89. The van der Waals surface area contributed by atoms with Gasteiger partial charge in [-0.1, -0.05) is 6.07 Å². The van der Waals surface area contributed by atoms with Gasteiger partial charge in [0, 0.05) is 13.2 Å². The van der Waals surface area contributed by atoms with Gasteiger partial charge in [-0.3, -0.25) is 9.78 Å². The van der Waals surface area contributed by atoms with E-state index in [4.69, 9.17) is 5.73 Å². The standard InChI is InChI=1S/C11H17N3O/c1-8(12)11(15)14(3)9(2)10-6-4-5-7-13-10/h4-9H,12H2,1-3H3/t8-,9+/m1/s1. The molecule has 15 heavy (non-hydrogen) atoms. The van der Waals surface area contributed by atoms with Crippen LogP contribution in [-0.2, 0) is 4.79 Å². The van der Waals surface area contributed by atoms with Crippen LogP contribution in [0.3, 0.4) is 0 Å². The Hall–Kier alpha value is -1.42. The lowest BCUT2D eigenvalue weighted by Crippen LogP contribution is -2.41. The number of nitrogens with zero attached hydrogens (tertiary/aromatic N) is 2. The van der Waals surface area contributed by atoms with Crippen molar-refractivity contribution in [3.63, 3.8) is 0 Å². The molecular weight excluding hydrogens is 190 g/mol. The van der Waals surface area contributed by atoms with Crippen molar-refractivity contribution in [3.05, 3.63) is 30.1 Å². The highest BCUT2D eigenvalue weighted by atomic mass is 16.2. The summed E-state index contributed by atoms with van der Waals surface area (Å²) in [6, 6.07) is 5.13. The van der Waals surface area contributed by atoms with Crippen LogP contribution in [0.2, 0.25) is 0 Å². The minimum absolute atomic E-state index is 0.0512. The van der Waals surface area contributed by atoms with Crippen molar-refractivity contribution < 1.29 is 4.79 Å². The molecule has 0 radical (unpaired) electrons. The molecule has 2 N–H and O–H groups in total. The molecule has 2 atom stereocenters. The van der Waals surface area contributed by atoms with Gasteiger partial charge in [-0.05, 0) is 26.0 Å². The van der Waals surface area contributed by atoms with E-state index in [9.17, 15) is 4.79 Å². The predicted octanol–water partition coefficient (Wildman–Crippen LogP) is 0.948. The van der Waals surface area contributed by atoms with Crippen molar-refractivity contribution >= 4 is 5.91 Å². The van der Waals surface area contributed by atoms with Gasteiger partial charge < -0.3 is 10.6 Å². The minimum atomic E-state index is -0.471. The molecule has 0 unspecified atom stereocenters. The van der Waals surface area contributed by atoms with Gasteiger partial charge in [0.2, 0.25) is 5.91 Å². The summed E-state index contributed by atoms with van der Waals surface area (Å²) in [5, 5.41) is 0. The summed E-state index contributed by atoms with van der Waals surface area (Å²) in [6.45, 7) is 3.62. The quantitative estimate of drug-likeness (QED) is 0.802. The molecule has 0 spiro atoms. The van der Waals surface area contributed by atoms with E-state index in [0.717, 1.165) is 5.69 Å². The molecule has 0 aliphatic carbocycles. The van der Waals surface area contributed by atoms with Gasteiger partial charge in [-0.2, -0.15) is 0 Å². The molecule has 1 amide bonds. The number of carbonyl (C=O) groups is 1. The van der Waals surface area contributed by atoms with Gasteiger partial charge in [-0.25, -0.2) is 0 Å². The molecule has 82 valence electrons. The first-order chi connectivity index (χ1) is 7.04. The van der Waals surface area contributed by atoms with Gasteiger partial charge in [0.05, 0.1) is 17.8 Å². The lowest BCUT2D eigenvalue weighted by molar-refractivity contribution is -0.132. The molecule has 0 aliphatic heterocycles. The number of amides is 1. The normalized spacial score (nSPS) is 14.4. The van der Waals surface area contributed by atoms with E-state index in [1.54, 1.807) is 25.1 Å². The summed E-state index contributed by atoms with van der Waals surface area (Å²) < 4.78 is 0. The fourth-order valence-corrected chi connectivity index (χ4v) is 1.33. The fourth-order valence-electron chi connectivity index (χ4n) is 1.33. The number of pyridine rings is 1. The van der Waals surface area contributed by atoms with Crippen molar-refractivity contribution in [2.45, 2.75) is 25.9 Å². The van der Waals surface area contributed by atoms with Gasteiger partial charge in [0.25, 0.3) is 0 Å². The molecule has 4 nitrogen and oxygen atoms in total. The molecule has 0 aromatic carbocycles. The molecule has 1 aromatic heterocycles. The summed E-state index contributed by atoms with van der Waals surface area (Å²) in [5.74, 6) is -0.0758. The van der Waals surface area contributed by atoms with Crippen LogP contribution in [0.25, 0.3) is 0 Å². The van der Waals surface area contributed by atoms with Crippen LogP contribution in [0.4, 0.5) is 0 Å². The number of rotatable bonds is 3. The zero-order valence-corrected chi connectivity index (χ0v) is 9.34. The van der Waals surface area contributed by atoms with Gasteiger partial charge in [-0.15, -0.1) is 0 Å². The first-order valence-electron chi connectivity index (χ1n) is 4.97. The summed E-state index contributed by atoms with van der Waals surface area (Å²) in [5.41, 5.74) is 6.41. The SMILES string of the molecule is C[C@@H](N)C(=O)N(C)[C@@H](C)c1ccccn1. The molecule has 0 fully saturated rings. The molecule has 0 aliphatic rings. The maximum atomic E-state index is 11.6. The summed E-state index contributed by atoms with van der Waals surface area (Å²) in [4.78, 5) is 17.5. The van der Waals surface area contributed by atoms with Crippen LogP contribution < -0.4 is 5.73 Å². The number of hydrogen-bond donors (Lipinski definition) is 1. The van der Waals surface area contributed by atoms with E-state index in [1.807, 2.05) is 25.1 Å². The van der Waals surface area contributed by atoms with Crippen LogP contribution in [0, 0.1) is 0 Å². The van der Waals surface area contributed by atoms with E-state index in [1.165, 1.54) is 0 Å². The second-order valence-electron chi connectivity index (χ2n) is 3.67. The van der Waals surface area contributed by atoms with E-state index in [2.05, 4.69) is 4.98 Å². The maximum absolute atomic E-state index is 11.6. The molecule has 0 bridgehead atoms. The van der Waals surface area contributed by atoms with E-state index in [0.29, 0.717) is 0 Å². The molecule has 0 saturated heterocycles. The summed E-state index contributed by atoms with van der Waals surface area (Å²) in [7, 11) is 1.74. The molecule has 0 saturated carbocycles. The molecule has 1 aromatic rings. The Morgan fingerprint density at radius 3 is 2.60 bits per heavy atom. The first-order valence-corrected chi connectivity index (χ1v) is 4.97. The lowest BCUT2D eigenvalue weighted by atomic mass is 10.1. The van der Waals surface area contributed by atoms with Crippen LogP contribution in [-0.4, -0.2) is 28.9 Å². The molecule has 1 heterocycles. The highest BCUT2D eigenvalue weighted by Gasteiger charge is 2.20. The number of aromatic nitrogens is 1. The van der Waals surface area contributed by atoms with Crippen molar-refractivity contribution in [1.29, 1.82) is 0 Å². The Morgan fingerprint density at radius 2 is 2.13 bits per heavy atom. The third-order valence-electron chi connectivity index (χ3n) is 2.43. The molecule has 4 heteroatoms. The topological polar surface area (TPSA) is 59.2 Å². The summed E-state index contributed by atoms with van der Waals surface area (Å²) >= 11 is 0. The predicted molar refractivity (Wildman–Crippen MR) is 59.1 cm³/mol. The maximum Gasteiger partial charge on any atom is 0.239 e. The molecular formula is C11H17N3O. The van der Waals surface area contributed by atoms with Crippen molar-refractivity contribution in [2.24, 2.45) is 5.73 Å². The molecule has 1 rings (SSSR count). The highest BCUT2D eigenvalue weighted by molar-refractivity contribution is 5.81. The van der Waals surface area contributed by atoms with E-state index >= 15 is 0 Å². The van der Waals surface area contributed by atoms with E-state index in [-0.39, 0.29) is 11.9 Å². The second-order valence-corrected chi connectivity index (χ2v) is 3.67. The van der Waals surface area contributed by atoms with E-state index < -0.39 is 6.04 Å². The number of carbonyl (C=O) groups excluding carboxylic acids is 1. The highest BCUT2D eigenvalue weighted by Crippen LogP contribution is 2.16. The zero-order chi connectivity index (χ0) is 11.4. The first kappa shape index (κ1) is 11.7.